The van der Waals surface area contributed by atoms with Crippen molar-refractivity contribution in [3.05, 3.63) is 41.2 Å². The second-order valence-corrected chi connectivity index (χ2v) is 7.96. The molecule has 1 amide bonds. The zero-order valence-electron chi connectivity index (χ0n) is 15.5. The fraction of sp³-hybridized carbons (Fsp3) is 0.476. The molecule has 1 aromatic rings. The highest BCUT2D eigenvalue weighted by Gasteiger charge is 2.32. The van der Waals surface area contributed by atoms with E-state index in [1.54, 1.807) is 24.3 Å². The van der Waals surface area contributed by atoms with Gasteiger partial charge < -0.3 is 10.0 Å². The molecule has 0 aromatic heterocycles. The molecule has 3 rings (SSSR count). The Morgan fingerprint density at radius 1 is 1.12 bits per heavy atom. The Labute approximate surface area is 154 Å². The third-order valence-corrected chi connectivity index (χ3v) is 5.00. The number of likely N-dealkylation sites (tertiary alicyclic amines) is 1. The van der Waals surface area contributed by atoms with Crippen LogP contribution in [0.15, 0.2) is 40.6 Å². The van der Waals surface area contributed by atoms with E-state index in [-0.39, 0.29) is 28.4 Å². The van der Waals surface area contributed by atoms with Crippen molar-refractivity contribution in [3.63, 3.8) is 0 Å². The normalized spacial score (nSPS) is 20.7. The summed E-state index contributed by atoms with van der Waals surface area (Å²) in [6.07, 6.45) is 5.64. The minimum atomic E-state index is -0.213. The summed E-state index contributed by atoms with van der Waals surface area (Å²) in [4.78, 5) is 30.9. The molecule has 1 saturated heterocycles. The maximum absolute atomic E-state index is 12.5. The number of amides is 1. The summed E-state index contributed by atoms with van der Waals surface area (Å²) >= 11 is 0. The third-order valence-electron chi connectivity index (χ3n) is 5.00. The molecule has 1 N–H and O–H groups in total. The number of hydrogen-bond donors (Lipinski definition) is 1. The van der Waals surface area contributed by atoms with Crippen LogP contribution in [0.1, 0.15) is 56.3 Å². The topological polar surface area (TPSA) is 70.0 Å². The molecule has 0 unspecified atom stereocenters. The van der Waals surface area contributed by atoms with Gasteiger partial charge in [0.15, 0.2) is 5.78 Å². The Hall–Kier alpha value is -2.43. The van der Waals surface area contributed by atoms with Crippen molar-refractivity contribution in [2.45, 2.75) is 46.0 Å². The maximum Gasteiger partial charge on any atom is 0.253 e. The molecule has 0 atom stereocenters. The molecule has 0 saturated carbocycles. The quantitative estimate of drug-likeness (QED) is 0.826. The van der Waals surface area contributed by atoms with Gasteiger partial charge in [-0.15, -0.1) is 0 Å². The summed E-state index contributed by atoms with van der Waals surface area (Å²) in [5, 5.41) is 10.1. The Kier molecular flexibility index (Phi) is 5.25. The number of carbonyl (C=O) groups excluding carboxylic acids is 2. The van der Waals surface area contributed by atoms with E-state index in [1.165, 1.54) is 12.6 Å². The van der Waals surface area contributed by atoms with Gasteiger partial charge in [0.1, 0.15) is 5.76 Å². The average Bonchev–Trinajstić information content (AvgIpc) is 2.61. The zero-order chi connectivity index (χ0) is 18.7. The molecule has 138 valence electrons. The van der Waals surface area contributed by atoms with Crippen LogP contribution in [0, 0.1) is 5.41 Å². The third kappa shape index (κ3) is 4.21. The average molecular weight is 354 g/mol. The van der Waals surface area contributed by atoms with Crippen LogP contribution in [0.25, 0.3) is 0 Å². The summed E-state index contributed by atoms with van der Waals surface area (Å²) in [6, 6.07) is 7.07. The number of aliphatic imine (C=N–C) groups is 1. The molecular weight excluding hydrogens is 328 g/mol. The van der Waals surface area contributed by atoms with Crippen molar-refractivity contribution in [3.8, 4) is 0 Å². The maximum atomic E-state index is 12.5. The lowest BCUT2D eigenvalue weighted by molar-refractivity contribution is -0.117. The molecule has 0 radical (unpaired) electrons. The fourth-order valence-corrected chi connectivity index (χ4v) is 3.56. The van der Waals surface area contributed by atoms with Crippen LogP contribution in [0.3, 0.4) is 0 Å². The van der Waals surface area contributed by atoms with E-state index in [4.69, 9.17) is 0 Å². The van der Waals surface area contributed by atoms with Crippen molar-refractivity contribution in [2.75, 3.05) is 13.1 Å². The monoisotopic (exact) mass is 354 g/mol. The SMILES string of the molecule is CC1(C)CC(=O)C(C=Nc2ccc(C(=O)N3CCCCC3)cc2)=C(O)C1. The summed E-state index contributed by atoms with van der Waals surface area (Å²) in [6.45, 7) is 5.58. The van der Waals surface area contributed by atoms with Crippen LogP contribution in [0.2, 0.25) is 0 Å². The predicted octanol–water partition coefficient (Wildman–Crippen LogP) is 4.22. The smallest absolute Gasteiger partial charge is 0.253 e. The van der Waals surface area contributed by atoms with Gasteiger partial charge >= 0.3 is 0 Å². The number of Topliss-reactive ketones (excluding diaryl/α,β-unsaturated/α-hetero) is 1. The highest BCUT2D eigenvalue weighted by molar-refractivity contribution is 6.14. The van der Waals surface area contributed by atoms with Crippen molar-refractivity contribution in [1.82, 2.24) is 4.90 Å². The standard InChI is InChI=1S/C21H26N2O3/c1-21(2)12-18(24)17(19(25)13-21)14-22-16-8-6-15(7-9-16)20(26)23-10-4-3-5-11-23/h6-9,14,24H,3-5,10-13H2,1-2H3. The summed E-state index contributed by atoms with van der Waals surface area (Å²) in [5.74, 6) is 0.0802. The van der Waals surface area contributed by atoms with E-state index in [0.717, 1.165) is 25.9 Å². The molecule has 0 spiro atoms. The highest BCUT2D eigenvalue weighted by atomic mass is 16.3. The van der Waals surface area contributed by atoms with E-state index in [1.807, 2.05) is 18.7 Å². The van der Waals surface area contributed by atoms with Crippen molar-refractivity contribution < 1.29 is 14.7 Å². The number of ketones is 1. The van der Waals surface area contributed by atoms with Crippen LogP contribution in [-0.2, 0) is 4.79 Å². The Bertz CT molecular complexity index is 754. The Morgan fingerprint density at radius 3 is 2.38 bits per heavy atom. The molecule has 1 aliphatic carbocycles. The zero-order valence-corrected chi connectivity index (χ0v) is 15.5. The number of hydrogen-bond acceptors (Lipinski definition) is 4. The highest BCUT2D eigenvalue weighted by Crippen LogP contribution is 2.35. The lowest BCUT2D eigenvalue weighted by atomic mass is 9.77. The lowest BCUT2D eigenvalue weighted by Gasteiger charge is -2.28. The molecular formula is C21H26N2O3. The van der Waals surface area contributed by atoms with Gasteiger partial charge in [0, 0.05) is 37.7 Å². The summed E-state index contributed by atoms with van der Waals surface area (Å²) in [5.41, 5.74) is 1.38. The first-order chi connectivity index (χ1) is 12.4. The summed E-state index contributed by atoms with van der Waals surface area (Å²) < 4.78 is 0. The fourth-order valence-electron chi connectivity index (χ4n) is 3.56. The molecule has 1 fully saturated rings. The number of piperidine rings is 1. The molecule has 5 heteroatoms. The molecule has 1 aromatic carbocycles. The Balaban J connectivity index is 1.70. The van der Waals surface area contributed by atoms with Crippen LogP contribution >= 0.6 is 0 Å². The molecule has 0 bridgehead atoms. The van der Waals surface area contributed by atoms with Gasteiger partial charge in [-0.05, 0) is 48.9 Å². The lowest BCUT2D eigenvalue weighted by Crippen LogP contribution is -2.35. The van der Waals surface area contributed by atoms with Crippen molar-refractivity contribution >= 4 is 23.6 Å². The largest absolute Gasteiger partial charge is 0.511 e. The van der Waals surface area contributed by atoms with Gasteiger partial charge in [-0.25, -0.2) is 0 Å². The van der Waals surface area contributed by atoms with Crippen LogP contribution in [-0.4, -0.2) is 41.0 Å². The molecule has 1 heterocycles. The van der Waals surface area contributed by atoms with Gasteiger partial charge in [-0.2, -0.15) is 0 Å². The van der Waals surface area contributed by atoms with Crippen molar-refractivity contribution in [2.24, 2.45) is 10.4 Å². The van der Waals surface area contributed by atoms with Crippen molar-refractivity contribution in [1.29, 1.82) is 0 Å². The second kappa shape index (κ2) is 7.44. The van der Waals surface area contributed by atoms with Gasteiger partial charge in [0.25, 0.3) is 5.91 Å². The molecule has 5 nitrogen and oxygen atoms in total. The molecule has 1 aliphatic heterocycles. The number of allylic oxidation sites excluding steroid dienone is 2. The van der Waals surface area contributed by atoms with Gasteiger partial charge in [0.05, 0.1) is 11.3 Å². The predicted molar refractivity (Wildman–Crippen MR) is 102 cm³/mol. The minimum Gasteiger partial charge on any atom is -0.511 e. The number of nitrogens with zero attached hydrogens (tertiary/aromatic N) is 2. The summed E-state index contributed by atoms with van der Waals surface area (Å²) in [7, 11) is 0. The second-order valence-electron chi connectivity index (χ2n) is 7.96. The number of rotatable bonds is 3. The number of aliphatic hydroxyl groups is 1. The van der Waals surface area contributed by atoms with E-state index in [2.05, 4.69) is 4.99 Å². The number of aliphatic hydroxyl groups excluding tert-OH is 1. The van der Waals surface area contributed by atoms with E-state index in [9.17, 15) is 14.7 Å². The number of benzene rings is 1. The van der Waals surface area contributed by atoms with Gasteiger partial charge in [0.2, 0.25) is 0 Å². The minimum absolute atomic E-state index is 0.0604. The van der Waals surface area contributed by atoms with E-state index >= 15 is 0 Å². The van der Waals surface area contributed by atoms with Crippen LogP contribution in [0.4, 0.5) is 5.69 Å². The molecule has 2 aliphatic rings. The first kappa shape index (κ1) is 18.4. The number of carbonyl (C=O) groups is 2. The first-order valence-electron chi connectivity index (χ1n) is 9.24. The van der Waals surface area contributed by atoms with Gasteiger partial charge in [-0.3, -0.25) is 14.6 Å². The van der Waals surface area contributed by atoms with Crippen LogP contribution in [0.5, 0.6) is 0 Å². The van der Waals surface area contributed by atoms with E-state index in [0.29, 0.717) is 24.1 Å². The van der Waals surface area contributed by atoms with E-state index < -0.39 is 0 Å². The van der Waals surface area contributed by atoms with Crippen LogP contribution < -0.4 is 0 Å². The first-order valence-corrected chi connectivity index (χ1v) is 9.24. The van der Waals surface area contributed by atoms with Gasteiger partial charge in [-0.1, -0.05) is 13.8 Å². The Morgan fingerprint density at radius 2 is 1.77 bits per heavy atom. The molecule has 26 heavy (non-hydrogen) atoms.